The fraction of sp³-hybridized carbons (Fsp3) is 0.750. The highest BCUT2D eigenvalue weighted by Crippen LogP contribution is 2.29. The normalized spacial score (nSPS) is 22.0. The molecule has 21 heavy (non-hydrogen) atoms. The molecule has 0 aliphatic heterocycles. The molecule has 1 aromatic heterocycles. The first-order valence-corrected chi connectivity index (χ1v) is 8.17. The summed E-state index contributed by atoms with van der Waals surface area (Å²) in [5.74, 6) is 2.56. The van der Waals surface area contributed by atoms with Crippen molar-refractivity contribution in [2.45, 2.75) is 46.0 Å². The molecule has 0 aromatic carbocycles. The first-order chi connectivity index (χ1) is 10.2. The average Bonchev–Trinajstić information content (AvgIpc) is 2.50. The summed E-state index contributed by atoms with van der Waals surface area (Å²) in [5.41, 5.74) is 0.966. The van der Waals surface area contributed by atoms with Gasteiger partial charge in [0.1, 0.15) is 5.82 Å². The van der Waals surface area contributed by atoms with Crippen molar-refractivity contribution in [2.24, 2.45) is 11.8 Å². The van der Waals surface area contributed by atoms with Crippen molar-refractivity contribution < 1.29 is 5.11 Å². The van der Waals surface area contributed by atoms with Gasteiger partial charge in [-0.2, -0.15) is 4.98 Å². The number of aryl methyl sites for hydroxylation is 1. The molecular weight excluding hydrogens is 264 g/mol. The van der Waals surface area contributed by atoms with E-state index < -0.39 is 0 Å². The molecule has 0 saturated heterocycles. The molecule has 1 aromatic rings. The van der Waals surface area contributed by atoms with Crippen LogP contribution in [0.5, 0.6) is 0 Å². The summed E-state index contributed by atoms with van der Waals surface area (Å²) >= 11 is 0. The number of hydrogen-bond donors (Lipinski definition) is 3. The topological polar surface area (TPSA) is 70.1 Å². The van der Waals surface area contributed by atoms with Gasteiger partial charge in [0.15, 0.2) is 0 Å². The van der Waals surface area contributed by atoms with Gasteiger partial charge in [0.05, 0.1) is 0 Å². The molecule has 3 N–H and O–H groups in total. The lowest BCUT2D eigenvalue weighted by Gasteiger charge is -2.30. The molecule has 1 fully saturated rings. The molecule has 0 bridgehead atoms. The van der Waals surface area contributed by atoms with Gasteiger partial charge in [-0.15, -0.1) is 0 Å². The number of aliphatic hydroxyl groups excluding tert-OH is 1. The second-order valence-electron chi connectivity index (χ2n) is 6.01. The van der Waals surface area contributed by atoms with Gasteiger partial charge in [0.2, 0.25) is 5.95 Å². The third kappa shape index (κ3) is 4.84. The van der Waals surface area contributed by atoms with Crippen LogP contribution in [0.4, 0.5) is 11.8 Å². The van der Waals surface area contributed by atoms with Crippen LogP contribution in [0.1, 0.15) is 44.7 Å². The van der Waals surface area contributed by atoms with Crippen molar-refractivity contribution in [3.63, 3.8) is 0 Å². The Balaban J connectivity index is 1.93. The van der Waals surface area contributed by atoms with E-state index in [1.54, 1.807) is 0 Å². The summed E-state index contributed by atoms with van der Waals surface area (Å²) < 4.78 is 0. The maximum atomic E-state index is 9.48. The van der Waals surface area contributed by atoms with Crippen molar-refractivity contribution in [3.05, 3.63) is 11.8 Å². The van der Waals surface area contributed by atoms with E-state index in [2.05, 4.69) is 27.5 Å². The third-order valence-corrected chi connectivity index (χ3v) is 4.23. The van der Waals surface area contributed by atoms with Gasteiger partial charge in [-0.3, -0.25) is 0 Å². The smallest absolute Gasteiger partial charge is 0.224 e. The van der Waals surface area contributed by atoms with Crippen LogP contribution in [0.15, 0.2) is 6.07 Å². The van der Waals surface area contributed by atoms with Crippen molar-refractivity contribution in [2.75, 3.05) is 30.3 Å². The van der Waals surface area contributed by atoms with Crippen LogP contribution >= 0.6 is 0 Å². The fourth-order valence-corrected chi connectivity index (χ4v) is 3.00. The second kappa shape index (κ2) is 8.17. The predicted octanol–water partition coefficient (Wildman–Crippen LogP) is 2.82. The molecule has 0 radical (unpaired) electrons. The predicted molar refractivity (Wildman–Crippen MR) is 86.6 cm³/mol. The van der Waals surface area contributed by atoms with Crippen LogP contribution in [0, 0.1) is 18.8 Å². The molecule has 1 heterocycles. The summed E-state index contributed by atoms with van der Waals surface area (Å²) in [6.07, 6.45) is 5.92. The molecule has 5 heteroatoms. The van der Waals surface area contributed by atoms with Gasteiger partial charge in [0, 0.05) is 31.5 Å². The molecule has 118 valence electrons. The second-order valence-corrected chi connectivity index (χ2v) is 6.01. The van der Waals surface area contributed by atoms with Gasteiger partial charge in [-0.25, -0.2) is 4.98 Å². The number of anilines is 2. The Hall–Kier alpha value is -1.36. The minimum atomic E-state index is 0.304. The zero-order valence-electron chi connectivity index (χ0n) is 13.2. The SMILES string of the molecule is CCCNc1nc(C)cc(NCC2CCCCC2CO)n1. The van der Waals surface area contributed by atoms with E-state index in [4.69, 9.17) is 0 Å². The molecule has 2 unspecified atom stereocenters. The summed E-state index contributed by atoms with van der Waals surface area (Å²) in [4.78, 5) is 8.91. The minimum absolute atomic E-state index is 0.304. The van der Waals surface area contributed by atoms with E-state index in [0.29, 0.717) is 24.4 Å². The zero-order chi connectivity index (χ0) is 15.1. The molecule has 2 rings (SSSR count). The van der Waals surface area contributed by atoms with E-state index in [9.17, 15) is 5.11 Å². The number of nitrogens with zero attached hydrogens (tertiary/aromatic N) is 2. The van der Waals surface area contributed by atoms with E-state index in [1.807, 2.05) is 13.0 Å². The Kier molecular flexibility index (Phi) is 6.23. The lowest BCUT2D eigenvalue weighted by atomic mass is 9.79. The minimum Gasteiger partial charge on any atom is -0.396 e. The fourth-order valence-electron chi connectivity index (χ4n) is 3.00. The quantitative estimate of drug-likeness (QED) is 0.721. The standard InChI is InChI=1S/C16H28N4O/c1-3-8-17-16-19-12(2)9-15(20-16)18-10-13-6-4-5-7-14(13)11-21/h9,13-14,21H,3-8,10-11H2,1-2H3,(H2,17,18,19,20). The Bertz CT molecular complexity index is 438. The lowest BCUT2D eigenvalue weighted by molar-refractivity contribution is 0.141. The van der Waals surface area contributed by atoms with Crippen LogP contribution in [0.3, 0.4) is 0 Å². The number of rotatable bonds is 7. The van der Waals surface area contributed by atoms with Crippen molar-refractivity contribution in [1.29, 1.82) is 0 Å². The van der Waals surface area contributed by atoms with E-state index >= 15 is 0 Å². The van der Waals surface area contributed by atoms with Gasteiger partial charge >= 0.3 is 0 Å². The Labute approximate surface area is 127 Å². The maximum absolute atomic E-state index is 9.48. The molecule has 2 atom stereocenters. The number of nitrogens with one attached hydrogen (secondary N) is 2. The Morgan fingerprint density at radius 3 is 2.67 bits per heavy atom. The number of aromatic nitrogens is 2. The first-order valence-electron chi connectivity index (χ1n) is 8.17. The summed E-state index contributed by atoms with van der Waals surface area (Å²) in [5, 5.41) is 16.1. The zero-order valence-corrected chi connectivity index (χ0v) is 13.2. The molecule has 1 aliphatic carbocycles. The van der Waals surface area contributed by atoms with Crippen LogP contribution < -0.4 is 10.6 Å². The summed E-state index contributed by atoms with van der Waals surface area (Å²) in [7, 11) is 0. The molecule has 1 saturated carbocycles. The largest absolute Gasteiger partial charge is 0.396 e. The average molecular weight is 292 g/mol. The highest BCUT2D eigenvalue weighted by molar-refractivity contribution is 5.42. The van der Waals surface area contributed by atoms with Gasteiger partial charge in [-0.05, 0) is 38.0 Å². The highest BCUT2D eigenvalue weighted by atomic mass is 16.3. The van der Waals surface area contributed by atoms with Gasteiger partial charge in [0.25, 0.3) is 0 Å². The lowest BCUT2D eigenvalue weighted by Crippen LogP contribution is -2.28. The third-order valence-electron chi connectivity index (χ3n) is 4.23. The maximum Gasteiger partial charge on any atom is 0.224 e. The molecule has 1 aliphatic rings. The van der Waals surface area contributed by atoms with Crippen LogP contribution in [-0.4, -0.2) is 34.8 Å². The number of hydrogen-bond acceptors (Lipinski definition) is 5. The monoisotopic (exact) mass is 292 g/mol. The molecule has 5 nitrogen and oxygen atoms in total. The van der Waals surface area contributed by atoms with E-state index in [1.165, 1.54) is 19.3 Å². The summed E-state index contributed by atoms with van der Waals surface area (Å²) in [6, 6.07) is 1.98. The van der Waals surface area contributed by atoms with Crippen molar-refractivity contribution >= 4 is 11.8 Å². The molecule has 0 amide bonds. The molecule has 0 spiro atoms. The molecular formula is C16H28N4O. The highest BCUT2D eigenvalue weighted by Gasteiger charge is 2.24. The van der Waals surface area contributed by atoms with Crippen LogP contribution in [0.25, 0.3) is 0 Å². The van der Waals surface area contributed by atoms with Crippen molar-refractivity contribution in [3.8, 4) is 0 Å². The van der Waals surface area contributed by atoms with E-state index in [-0.39, 0.29) is 0 Å². The number of aliphatic hydroxyl groups is 1. The van der Waals surface area contributed by atoms with E-state index in [0.717, 1.165) is 37.4 Å². The summed E-state index contributed by atoms with van der Waals surface area (Å²) in [6.45, 7) is 6.19. The first kappa shape index (κ1) is 16.0. The van der Waals surface area contributed by atoms with Crippen LogP contribution in [-0.2, 0) is 0 Å². The Morgan fingerprint density at radius 2 is 1.95 bits per heavy atom. The van der Waals surface area contributed by atoms with Crippen LogP contribution in [0.2, 0.25) is 0 Å². The van der Waals surface area contributed by atoms with Gasteiger partial charge in [-0.1, -0.05) is 19.8 Å². The van der Waals surface area contributed by atoms with Gasteiger partial charge < -0.3 is 15.7 Å². The Morgan fingerprint density at radius 1 is 1.19 bits per heavy atom. The van der Waals surface area contributed by atoms with Crippen molar-refractivity contribution in [1.82, 2.24) is 9.97 Å².